The third kappa shape index (κ3) is 6.46. The summed E-state index contributed by atoms with van der Waals surface area (Å²) in [5.74, 6) is -2.85. The number of pyridine rings is 2. The predicted octanol–water partition coefficient (Wildman–Crippen LogP) is 4.38. The molecule has 4 heterocycles. The Balaban J connectivity index is 0.000000429. The monoisotopic (exact) mass is 487 g/mol. The van der Waals surface area contributed by atoms with E-state index >= 15 is 0 Å². The summed E-state index contributed by atoms with van der Waals surface area (Å²) in [6.45, 7) is 4.77. The summed E-state index contributed by atoms with van der Waals surface area (Å²) >= 11 is 0. The number of carbonyl (C=O) groups excluding carboxylic acids is 1. The number of carboxylic acid groups (broad SMARTS) is 1. The maximum Gasteiger partial charge on any atom is 0.490 e. The lowest BCUT2D eigenvalue weighted by molar-refractivity contribution is -0.192. The van der Waals surface area contributed by atoms with E-state index in [2.05, 4.69) is 33.7 Å². The molecule has 0 aliphatic carbocycles. The maximum absolute atomic E-state index is 12.8. The number of nitrogens with one attached hydrogen (secondary N) is 1. The molecule has 0 unspecified atom stereocenters. The Kier molecular flexibility index (Phi) is 7.90. The molecular formula is C24H24F3N5O3. The minimum absolute atomic E-state index is 0.0887. The molecule has 0 atom stereocenters. The zero-order chi connectivity index (χ0) is 25.6. The van der Waals surface area contributed by atoms with Gasteiger partial charge in [0.15, 0.2) is 0 Å². The van der Waals surface area contributed by atoms with Gasteiger partial charge in [-0.3, -0.25) is 9.78 Å². The van der Waals surface area contributed by atoms with E-state index < -0.39 is 12.1 Å². The molecule has 0 aromatic carbocycles. The van der Waals surface area contributed by atoms with Gasteiger partial charge < -0.3 is 19.4 Å². The molecule has 0 bridgehead atoms. The minimum Gasteiger partial charge on any atom is -0.475 e. The Morgan fingerprint density at radius 2 is 1.83 bits per heavy atom. The van der Waals surface area contributed by atoms with Gasteiger partial charge in [0.25, 0.3) is 5.91 Å². The van der Waals surface area contributed by atoms with Crippen LogP contribution in [0.4, 0.5) is 13.2 Å². The van der Waals surface area contributed by atoms with E-state index in [0.29, 0.717) is 24.6 Å². The van der Waals surface area contributed by atoms with Crippen LogP contribution in [-0.4, -0.2) is 48.6 Å². The Hall–Kier alpha value is -4.15. The Bertz CT molecular complexity index is 1300. The van der Waals surface area contributed by atoms with Crippen molar-refractivity contribution in [3.63, 3.8) is 0 Å². The molecule has 2 N–H and O–H groups in total. The first-order valence-electron chi connectivity index (χ1n) is 10.7. The van der Waals surface area contributed by atoms with Crippen LogP contribution in [0.5, 0.6) is 0 Å². The van der Waals surface area contributed by atoms with Crippen LogP contribution in [0.25, 0.3) is 16.9 Å². The van der Waals surface area contributed by atoms with Gasteiger partial charge in [-0.1, -0.05) is 12.1 Å². The van der Waals surface area contributed by atoms with Crippen LogP contribution in [0.3, 0.4) is 0 Å². The Morgan fingerprint density at radius 3 is 2.43 bits per heavy atom. The highest BCUT2D eigenvalue weighted by Gasteiger charge is 2.38. The van der Waals surface area contributed by atoms with Gasteiger partial charge in [0, 0.05) is 43.3 Å². The van der Waals surface area contributed by atoms with Crippen LogP contribution in [-0.2, 0) is 11.2 Å². The number of rotatable bonds is 6. The lowest BCUT2D eigenvalue weighted by Crippen LogP contribution is -2.25. The second-order valence-corrected chi connectivity index (χ2v) is 7.83. The zero-order valence-electron chi connectivity index (χ0n) is 19.0. The SMILES string of the molecule is CC(C)n1cnc(-c2cc(C(=O)NCCc3ccccn3)c3ccccn23)c1.O=C(O)C(F)(F)F. The first-order chi connectivity index (χ1) is 16.6. The predicted molar refractivity (Wildman–Crippen MR) is 123 cm³/mol. The standard InChI is InChI=1S/C22H23N5O.C2HF3O2/c1-16(2)26-14-19(25-15-26)21-13-18(20-8-4-6-12-27(20)21)22(28)24-11-9-17-7-3-5-10-23-17;3-2(4,5)1(6)7/h3-8,10,12-16H,9,11H2,1-2H3,(H,24,28);(H,6,7). The molecule has 8 nitrogen and oxygen atoms in total. The zero-order valence-corrected chi connectivity index (χ0v) is 19.0. The van der Waals surface area contributed by atoms with Crippen molar-refractivity contribution >= 4 is 17.4 Å². The van der Waals surface area contributed by atoms with Gasteiger partial charge in [-0.2, -0.15) is 13.2 Å². The molecule has 4 aromatic heterocycles. The number of fused-ring (bicyclic) bond motifs is 1. The van der Waals surface area contributed by atoms with Crippen LogP contribution < -0.4 is 5.32 Å². The molecule has 4 aromatic rings. The van der Waals surface area contributed by atoms with Crippen molar-refractivity contribution in [1.29, 1.82) is 0 Å². The fourth-order valence-electron chi connectivity index (χ4n) is 3.23. The van der Waals surface area contributed by atoms with E-state index in [1.54, 1.807) is 6.20 Å². The number of aliphatic carboxylic acids is 1. The second-order valence-electron chi connectivity index (χ2n) is 7.83. The van der Waals surface area contributed by atoms with Crippen molar-refractivity contribution in [3.8, 4) is 11.4 Å². The number of carbonyl (C=O) groups is 2. The van der Waals surface area contributed by atoms with Crippen LogP contribution in [0, 0.1) is 0 Å². The molecule has 4 rings (SSSR count). The molecule has 0 aliphatic rings. The van der Waals surface area contributed by atoms with Crippen molar-refractivity contribution in [2.24, 2.45) is 0 Å². The van der Waals surface area contributed by atoms with Crippen LogP contribution >= 0.6 is 0 Å². The van der Waals surface area contributed by atoms with Crippen LogP contribution in [0.15, 0.2) is 67.4 Å². The quantitative estimate of drug-likeness (QED) is 0.420. The largest absolute Gasteiger partial charge is 0.490 e. The fourth-order valence-corrected chi connectivity index (χ4v) is 3.23. The summed E-state index contributed by atoms with van der Waals surface area (Å²) in [4.78, 5) is 30.6. The normalized spacial score (nSPS) is 11.3. The van der Waals surface area contributed by atoms with E-state index in [0.717, 1.165) is 22.6 Å². The smallest absolute Gasteiger partial charge is 0.475 e. The fraction of sp³-hybridized carbons (Fsp3) is 0.250. The molecule has 0 aliphatic heterocycles. The molecular weight excluding hydrogens is 463 g/mol. The molecule has 0 saturated carbocycles. The van der Waals surface area contributed by atoms with E-state index in [9.17, 15) is 18.0 Å². The number of nitrogens with zero attached hydrogens (tertiary/aromatic N) is 4. The van der Waals surface area contributed by atoms with Crippen molar-refractivity contribution in [1.82, 2.24) is 24.3 Å². The molecule has 0 radical (unpaired) electrons. The lowest BCUT2D eigenvalue weighted by Gasteiger charge is -2.04. The van der Waals surface area contributed by atoms with Crippen molar-refractivity contribution in [2.45, 2.75) is 32.5 Å². The average molecular weight is 487 g/mol. The highest BCUT2D eigenvalue weighted by Crippen LogP contribution is 2.26. The Labute approximate surface area is 199 Å². The summed E-state index contributed by atoms with van der Waals surface area (Å²) in [6.07, 6.45) is 3.19. The number of alkyl halides is 3. The van der Waals surface area contributed by atoms with Gasteiger partial charge in [-0.15, -0.1) is 0 Å². The van der Waals surface area contributed by atoms with E-state index in [1.807, 2.05) is 65.6 Å². The van der Waals surface area contributed by atoms with Gasteiger partial charge >= 0.3 is 12.1 Å². The highest BCUT2D eigenvalue weighted by atomic mass is 19.4. The van der Waals surface area contributed by atoms with Crippen LogP contribution in [0.2, 0.25) is 0 Å². The van der Waals surface area contributed by atoms with E-state index in [4.69, 9.17) is 9.90 Å². The first kappa shape index (κ1) is 25.5. The molecule has 184 valence electrons. The Morgan fingerprint density at radius 1 is 1.11 bits per heavy atom. The number of hydrogen-bond donors (Lipinski definition) is 2. The van der Waals surface area contributed by atoms with Gasteiger partial charge in [-0.25, -0.2) is 9.78 Å². The highest BCUT2D eigenvalue weighted by molar-refractivity contribution is 6.02. The molecule has 0 spiro atoms. The average Bonchev–Trinajstić information content (AvgIpc) is 3.45. The van der Waals surface area contributed by atoms with Crippen LogP contribution in [0.1, 0.15) is 35.9 Å². The number of carboxylic acids is 1. The second kappa shape index (κ2) is 10.9. The summed E-state index contributed by atoms with van der Waals surface area (Å²) < 4.78 is 35.8. The summed E-state index contributed by atoms with van der Waals surface area (Å²) in [5, 5.41) is 10.1. The first-order valence-corrected chi connectivity index (χ1v) is 10.7. The topological polar surface area (TPSA) is 102 Å². The maximum atomic E-state index is 12.8. The molecule has 0 saturated heterocycles. The van der Waals surface area contributed by atoms with Crippen molar-refractivity contribution in [2.75, 3.05) is 6.54 Å². The lowest BCUT2D eigenvalue weighted by atomic mass is 10.2. The van der Waals surface area contributed by atoms with E-state index in [-0.39, 0.29) is 5.91 Å². The third-order valence-corrected chi connectivity index (χ3v) is 5.02. The van der Waals surface area contributed by atoms with Gasteiger partial charge in [0.1, 0.15) is 5.69 Å². The number of aromatic nitrogens is 4. The number of imidazole rings is 1. The molecule has 1 amide bonds. The molecule has 11 heteroatoms. The number of halogens is 3. The summed E-state index contributed by atoms with van der Waals surface area (Å²) in [6, 6.07) is 13.9. The van der Waals surface area contributed by atoms with Crippen molar-refractivity contribution < 1.29 is 27.9 Å². The third-order valence-electron chi connectivity index (χ3n) is 5.02. The number of amides is 1. The summed E-state index contributed by atoms with van der Waals surface area (Å²) in [5.41, 5.74) is 4.24. The molecule has 0 fully saturated rings. The van der Waals surface area contributed by atoms with E-state index in [1.165, 1.54) is 0 Å². The molecule has 35 heavy (non-hydrogen) atoms. The van der Waals surface area contributed by atoms with Gasteiger partial charge in [0.2, 0.25) is 0 Å². The summed E-state index contributed by atoms with van der Waals surface area (Å²) in [7, 11) is 0. The number of hydrogen-bond acceptors (Lipinski definition) is 4. The van der Waals surface area contributed by atoms with Crippen molar-refractivity contribution in [3.05, 3.63) is 78.6 Å². The van der Waals surface area contributed by atoms with Gasteiger partial charge in [-0.05, 0) is 44.2 Å². The minimum atomic E-state index is -5.08. The van der Waals surface area contributed by atoms with Gasteiger partial charge in [0.05, 0.1) is 23.1 Å².